The molecule has 1 aliphatic heterocycles. The van der Waals surface area contributed by atoms with Gasteiger partial charge in [0.05, 0.1) is 6.67 Å². The number of urea groups is 1. The van der Waals surface area contributed by atoms with Crippen LogP contribution in [-0.4, -0.2) is 40.0 Å². The fourth-order valence-corrected chi connectivity index (χ4v) is 4.36. The third-order valence-corrected chi connectivity index (χ3v) is 6.23. The Balaban J connectivity index is 1.47. The molecular weight excluding hydrogens is 326 g/mol. The molecule has 2 saturated carbocycles. The fourth-order valence-electron chi connectivity index (χ4n) is 4.36. The van der Waals surface area contributed by atoms with Crippen molar-refractivity contribution in [1.29, 1.82) is 0 Å². The van der Waals surface area contributed by atoms with E-state index in [1.54, 1.807) is 0 Å². The molecule has 1 N–H and O–H groups in total. The second-order valence-corrected chi connectivity index (χ2v) is 8.54. The third kappa shape index (κ3) is 3.37. The van der Waals surface area contributed by atoms with Crippen LogP contribution in [0.3, 0.4) is 0 Å². The molecule has 1 spiro atoms. The van der Waals surface area contributed by atoms with Crippen molar-refractivity contribution in [2.24, 2.45) is 5.92 Å². The molecule has 26 heavy (non-hydrogen) atoms. The monoisotopic (exact) mass is 355 g/mol. The molecule has 0 unspecified atom stereocenters. The first-order chi connectivity index (χ1) is 12.5. The molecule has 0 atom stereocenters. The van der Waals surface area contributed by atoms with Gasteiger partial charge in [-0.25, -0.2) is 9.69 Å². The second-order valence-electron chi connectivity index (χ2n) is 8.54. The van der Waals surface area contributed by atoms with E-state index in [-0.39, 0.29) is 11.9 Å². The molecule has 1 saturated heterocycles. The number of rotatable bonds is 5. The van der Waals surface area contributed by atoms with E-state index in [0.29, 0.717) is 18.6 Å². The Hall–Kier alpha value is -1.88. The molecule has 5 nitrogen and oxygen atoms in total. The number of carbonyl (C=O) groups excluding carboxylic acids is 2. The van der Waals surface area contributed by atoms with E-state index in [0.717, 1.165) is 45.1 Å². The van der Waals surface area contributed by atoms with Crippen molar-refractivity contribution in [2.75, 3.05) is 6.67 Å². The van der Waals surface area contributed by atoms with E-state index in [9.17, 15) is 9.59 Å². The number of nitrogens with one attached hydrogen (secondary N) is 1. The SMILES string of the molecule is Cc1cccc(CN(CN2C(=O)NC3(CCC(C)CC3)C2=O)C2CC2)c1. The predicted molar refractivity (Wildman–Crippen MR) is 100 cm³/mol. The Labute approximate surface area is 155 Å². The lowest BCUT2D eigenvalue weighted by atomic mass is 9.77. The van der Waals surface area contributed by atoms with Crippen LogP contribution in [0.5, 0.6) is 0 Å². The molecule has 5 heteroatoms. The summed E-state index contributed by atoms with van der Waals surface area (Å²) in [5.41, 5.74) is 1.84. The van der Waals surface area contributed by atoms with Crippen molar-refractivity contribution in [2.45, 2.75) is 70.5 Å². The maximum Gasteiger partial charge on any atom is 0.326 e. The maximum absolute atomic E-state index is 13.1. The van der Waals surface area contributed by atoms with Crippen LogP contribution >= 0.6 is 0 Å². The van der Waals surface area contributed by atoms with Crippen LogP contribution in [0, 0.1) is 12.8 Å². The number of aryl methyl sites for hydroxylation is 1. The van der Waals surface area contributed by atoms with Crippen LogP contribution in [0.2, 0.25) is 0 Å². The molecule has 140 valence electrons. The number of amides is 3. The molecule has 4 rings (SSSR count). The number of hydrogen-bond donors (Lipinski definition) is 1. The molecule has 1 aromatic rings. The van der Waals surface area contributed by atoms with Crippen LogP contribution < -0.4 is 5.32 Å². The first-order valence-electron chi connectivity index (χ1n) is 9.90. The number of imide groups is 1. The number of nitrogens with zero attached hydrogens (tertiary/aromatic N) is 2. The quantitative estimate of drug-likeness (QED) is 0.824. The Morgan fingerprint density at radius 3 is 2.58 bits per heavy atom. The molecule has 2 aliphatic carbocycles. The summed E-state index contributed by atoms with van der Waals surface area (Å²) in [5.74, 6) is 0.632. The van der Waals surface area contributed by atoms with Gasteiger partial charge in [0.25, 0.3) is 5.91 Å². The van der Waals surface area contributed by atoms with Crippen molar-refractivity contribution in [3.05, 3.63) is 35.4 Å². The van der Waals surface area contributed by atoms with E-state index in [1.807, 2.05) is 0 Å². The molecule has 0 radical (unpaired) electrons. The minimum absolute atomic E-state index is 0.00991. The predicted octanol–water partition coefficient (Wildman–Crippen LogP) is 3.42. The van der Waals surface area contributed by atoms with Crippen molar-refractivity contribution in [1.82, 2.24) is 15.1 Å². The van der Waals surface area contributed by atoms with Gasteiger partial charge >= 0.3 is 6.03 Å². The molecular formula is C21H29N3O2. The zero-order valence-corrected chi connectivity index (χ0v) is 15.8. The van der Waals surface area contributed by atoms with E-state index in [1.165, 1.54) is 16.0 Å². The largest absolute Gasteiger partial charge is 0.326 e. The highest BCUT2D eigenvalue weighted by molar-refractivity contribution is 6.07. The third-order valence-electron chi connectivity index (χ3n) is 6.23. The number of hydrogen-bond acceptors (Lipinski definition) is 3. The summed E-state index contributed by atoms with van der Waals surface area (Å²) < 4.78 is 0. The van der Waals surface area contributed by atoms with Crippen LogP contribution in [0.25, 0.3) is 0 Å². The van der Waals surface area contributed by atoms with E-state index >= 15 is 0 Å². The molecule has 0 bridgehead atoms. The Bertz CT molecular complexity index is 705. The summed E-state index contributed by atoms with van der Waals surface area (Å²) in [7, 11) is 0. The minimum atomic E-state index is -0.637. The van der Waals surface area contributed by atoms with Gasteiger partial charge in [0, 0.05) is 12.6 Å². The van der Waals surface area contributed by atoms with Gasteiger partial charge in [0.15, 0.2) is 0 Å². The van der Waals surface area contributed by atoms with Gasteiger partial charge in [-0.2, -0.15) is 0 Å². The van der Waals surface area contributed by atoms with Gasteiger partial charge in [0.1, 0.15) is 5.54 Å². The lowest BCUT2D eigenvalue weighted by molar-refractivity contribution is -0.134. The highest BCUT2D eigenvalue weighted by Gasteiger charge is 2.52. The first kappa shape index (κ1) is 17.5. The van der Waals surface area contributed by atoms with E-state index < -0.39 is 5.54 Å². The highest BCUT2D eigenvalue weighted by Crippen LogP contribution is 2.37. The van der Waals surface area contributed by atoms with Gasteiger partial charge < -0.3 is 5.32 Å². The average molecular weight is 355 g/mol. The minimum Gasteiger partial charge on any atom is -0.323 e. The Morgan fingerprint density at radius 2 is 1.92 bits per heavy atom. The number of carbonyl (C=O) groups is 2. The first-order valence-corrected chi connectivity index (χ1v) is 9.90. The van der Waals surface area contributed by atoms with Crippen LogP contribution in [0.15, 0.2) is 24.3 Å². The Morgan fingerprint density at radius 1 is 1.19 bits per heavy atom. The lowest BCUT2D eigenvalue weighted by Gasteiger charge is -2.34. The summed E-state index contributed by atoms with van der Waals surface area (Å²) in [6.07, 6.45) is 5.87. The maximum atomic E-state index is 13.1. The highest BCUT2D eigenvalue weighted by atomic mass is 16.2. The fraction of sp³-hybridized carbons (Fsp3) is 0.619. The topological polar surface area (TPSA) is 52.6 Å². The van der Waals surface area contributed by atoms with Gasteiger partial charge in [0.2, 0.25) is 0 Å². The summed E-state index contributed by atoms with van der Waals surface area (Å²) in [6.45, 7) is 5.51. The smallest absolute Gasteiger partial charge is 0.323 e. The van der Waals surface area contributed by atoms with Crippen molar-refractivity contribution in [3.8, 4) is 0 Å². The van der Waals surface area contributed by atoms with Crippen molar-refractivity contribution < 1.29 is 9.59 Å². The molecule has 3 aliphatic rings. The van der Waals surface area contributed by atoms with E-state index in [2.05, 4.69) is 48.3 Å². The summed E-state index contributed by atoms with van der Waals surface area (Å²) in [5, 5.41) is 3.04. The number of benzene rings is 1. The summed E-state index contributed by atoms with van der Waals surface area (Å²) in [4.78, 5) is 29.4. The molecule has 3 fully saturated rings. The van der Waals surface area contributed by atoms with Crippen LogP contribution in [0.1, 0.15) is 56.6 Å². The van der Waals surface area contributed by atoms with E-state index in [4.69, 9.17) is 0 Å². The van der Waals surface area contributed by atoms with Crippen molar-refractivity contribution in [3.63, 3.8) is 0 Å². The molecule has 0 aromatic heterocycles. The normalized spacial score (nSPS) is 28.9. The van der Waals surface area contributed by atoms with Crippen LogP contribution in [-0.2, 0) is 11.3 Å². The zero-order chi connectivity index (χ0) is 18.3. The molecule has 1 aromatic carbocycles. The Kier molecular flexibility index (Phi) is 4.51. The van der Waals surface area contributed by atoms with Gasteiger partial charge in [-0.1, -0.05) is 36.8 Å². The summed E-state index contributed by atoms with van der Waals surface area (Å²) in [6, 6.07) is 8.75. The average Bonchev–Trinajstić information content (AvgIpc) is 3.42. The molecule has 3 amide bonds. The summed E-state index contributed by atoms with van der Waals surface area (Å²) >= 11 is 0. The van der Waals surface area contributed by atoms with Gasteiger partial charge in [-0.05, 0) is 56.9 Å². The molecule has 1 heterocycles. The standard InChI is InChI=1S/C21H29N3O2/c1-15-8-10-21(11-9-15)19(25)24(20(26)22-21)14-23(18-6-7-18)13-17-5-3-4-16(2)12-17/h3-5,12,15,18H,6-11,13-14H2,1-2H3,(H,22,26). The zero-order valence-electron chi connectivity index (χ0n) is 15.8. The lowest BCUT2D eigenvalue weighted by Crippen LogP contribution is -2.50. The van der Waals surface area contributed by atoms with Crippen molar-refractivity contribution >= 4 is 11.9 Å². The van der Waals surface area contributed by atoms with Gasteiger partial charge in [-0.15, -0.1) is 0 Å². The van der Waals surface area contributed by atoms with Gasteiger partial charge in [-0.3, -0.25) is 9.69 Å². The van der Waals surface area contributed by atoms with Crippen LogP contribution in [0.4, 0.5) is 4.79 Å². The second kappa shape index (κ2) is 6.69.